The summed E-state index contributed by atoms with van der Waals surface area (Å²) in [5.74, 6) is -0.677. The van der Waals surface area contributed by atoms with Crippen LogP contribution in [0.15, 0.2) is 12.1 Å². The molecule has 1 aromatic rings. The lowest BCUT2D eigenvalue weighted by molar-refractivity contribution is 0.182. The van der Waals surface area contributed by atoms with Crippen molar-refractivity contribution in [1.29, 1.82) is 0 Å². The maximum absolute atomic E-state index is 13.2. The molecule has 0 aliphatic rings. The predicted molar refractivity (Wildman–Crippen MR) is 50.4 cm³/mol. The van der Waals surface area contributed by atoms with Crippen LogP contribution in [0.25, 0.3) is 0 Å². The molecule has 1 rings (SSSR count). The third-order valence-electron chi connectivity index (χ3n) is 1.60. The van der Waals surface area contributed by atoms with E-state index < -0.39 is 11.9 Å². The van der Waals surface area contributed by atoms with E-state index in [9.17, 15) is 9.50 Å². The van der Waals surface area contributed by atoms with E-state index in [0.29, 0.717) is 0 Å². The highest BCUT2D eigenvalue weighted by Crippen LogP contribution is 2.27. The Hall–Kier alpha value is -0.350. The van der Waals surface area contributed by atoms with Crippen LogP contribution in [0.3, 0.4) is 0 Å². The Morgan fingerprint density at radius 2 is 2.08 bits per heavy atom. The topological polar surface area (TPSA) is 46.2 Å². The van der Waals surface area contributed by atoms with Crippen molar-refractivity contribution in [1.82, 2.24) is 0 Å². The van der Waals surface area contributed by atoms with Crippen LogP contribution < -0.4 is 5.73 Å². The lowest BCUT2D eigenvalue weighted by Crippen LogP contribution is -2.13. The maximum Gasteiger partial charge on any atom is 0.147 e. The molecule has 0 aromatic heterocycles. The van der Waals surface area contributed by atoms with Gasteiger partial charge in [0.2, 0.25) is 0 Å². The van der Waals surface area contributed by atoms with Crippen LogP contribution in [-0.4, -0.2) is 11.7 Å². The molecule has 5 heteroatoms. The molecule has 0 aliphatic heterocycles. The Morgan fingerprint density at radius 3 is 2.62 bits per heavy atom. The van der Waals surface area contributed by atoms with Crippen LogP contribution >= 0.6 is 23.2 Å². The fourth-order valence-corrected chi connectivity index (χ4v) is 1.45. The van der Waals surface area contributed by atoms with Gasteiger partial charge in [-0.05, 0) is 12.1 Å². The minimum absolute atomic E-state index is 0.0278. The van der Waals surface area contributed by atoms with Crippen molar-refractivity contribution >= 4 is 23.2 Å². The molecule has 0 aliphatic carbocycles. The zero-order chi connectivity index (χ0) is 10.0. The molecule has 1 unspecified atom stereocenters. The fourth-order valence-electron chi connectivity index (χ4n) is 0.945. The van der Waals surface area contributed by atoms with Gasteiger partial charge in [0.15, 0.2) is 0 Å². The summed E-state index contributed by atoms with van der Waals surface area (Å²) in [5, 5.41) is 9.43. The fraction of sp³-hybridized carbons (Fsp3) is 0.250. The molecule has 0 heterocycles. The lowest BCUT2D eigenvalue weighted by atomic mass is 10.1. The third kappa shape index (κ3) is 2.31. The van der Waals surface area contributed by atoms with Crippen molar-refractivity contribution in [3.8, 4) is 0 Å². The molecule has 0 amide bonds. The largest absolute Gasteiger partial charge is 0.387 e. The molecule has 0 spiro atoms. The quantitative estimate of drug-likeness (QED) is 0.755. The number of halogens is 3. The van der Waals surface area contributed by atoms with Gasteiger partial charge in [-0.15, -0.1) is 0 Å². The molecule has 13 heavy (non-hydrogen) atoms. The average Bonchev–Trinajstić information content (AvgIpc) is 2.10. The van der Waals surface area contributed by atoms with Gasteiger partial charge in [-0.3, -0.25) is 0 Å². The molecule has 1 atom stereocenters. The molecule has 3 N–H and O–H groups in total. The van der Waals surface area contributed by atoms with Crippen molar-refractivity contribution in [3.05, 3.63) is 33.6 Å². The Bertz CT molecular complexity index is 319. The summed E-state index contributed by atoms with van der Waals surface area (Å²) in [6, 6.07) is 2.57. The van der Waals surface area contributed by atoms with E-state index in [-0.39, 0.29) is 22.2 Å². The Labute approximate surface area is 85.1 Å². The van der Waals surface area contributed by atoms with E-state index in [0.717, 1.165) is 0 Å². The third-order valence-corrected chi connectivity index (χ3v) is 2.10. The molecule has 72 valence electrons. The van der Waals surface area contributed by atoms with Gasteiger partial charge < -0.3 is 10.8 Å². The molecule has 0 radical (unpaired) electrons. The first kappa shape index (κ1) is 10.7. The number of nitrogens with two attached hydrogens (primary N) is 1. The molecule has 0 fully saturated rings. The smallest absolute Gasteiger partial charge is 0.147 e. The molecule has 0 bridgehead atoms. The average molecular weight is 224 g/mol. The monoisotopic (exact) mass is 223 g/mol. The summed E-state index contributed by atoms with van der Waals surface area (Å²) >= 11 is 11.1. The van der Waals surface area contributed by atoms with Crippen LogP contribution in [0.1, 0.15) is 11.7 Å². The van der Waals surface area contributed by atoms with Crippen molar-refractivity contribution in [2.45, 2.75) is 6.10 Å². The first-order valence-corrected chi connectivity index (χ1v) is 4.34. The maximum atomic E-state index is 13.2. The number of rotatable bonds is 2. The molecule has 0 saturated carbocycles. The van der Waals surface area contributed by atoms with Gasteiger partial charge in [-0.25, -0.2) is 4.39 Å². The first-order chi connectivity index (χ1) is 6.06. The van der Waals surface area contributed by atoms with Crippen LogP contribution in [0.2, 0.25) is 10.0 Å². The standard InChI is InChI=1S/C8H8Cl2FNO/c9-4-1-5(7(13)3-12)8(11)6(10)2-4/h1-2,7,13H,3,12H2. The first-order valence-electron chi connectivity index (χ1n) is 3.59. The number of benzene rings is 1. The normalized spacial score (nSPS) is 13.0. The Morgan fingerprint density at radius 1 is 1.46 bits per heavy atom. The summed E-state index contributed by atoms with van der Waals surface area (Å²) in [7, 11) is 0. The lowest BCUT2D eigenvalue weighted by Gasteiger charge is -2.10. The van der Waals surface area contributed by atoms with Gasteiger partial charge in [0.1, 0.15) is 5.82 Å². The number of hydrogen-bond donors (Lipinski definition) is 2. The summed E-state index contributed by atoms with van der Waals surface area (Å²) in [6.07, 6.45) is -1.07. The van der Waals surface area contributed by atoms with Crippen LogP contribution in [0.5, 0.6) is 0 Å². The van der Waals surface area contributed by atoms with Crippen molar-refractivity contribution in [2.24, 2.45) is 5.73 Å². The Kier molecular flexibility index (Phi) is 3.50. The zero-order valence-corrected chi connectivity index (χ0v) is 8.11. The molecule has 1 aromatic carbocycles. The second-order valence-electron chi connectivity index (χ2n) is 2.54. The minimum atomic E-state index is -1.07. The van der Waals surface area contributed by atoms with Crippen molar-refractivity contribution in [3.63, 3.8) is 0 Å². The highest BCUT2D eigenvalue weighted by Gasteiger charge is 2.14. The van der Waals surface area contributed by atoms with E-state index in [1.807, 2.05) is 0 Å². The van der Waals surface area contributed by atoms with Gasteiger partial charge in [0.25, 0.3) is 0 Å². The van der Waals surface area contributed by atoms with Crippen LogP contribution in [0.4, 0.5) is 4.39 Å². The number of aliphatic hydroxyl groups excluding tert-OH is 1. The van der Waals surface area contributed by atoms with Crippen LogP contribution in [-0.2, 0) is 0 Å². The highest BCUT2D eigenvalue weighted by atomic mass is 35.5. The molecule has 2 nitrogen and oxygen atoms in total. The van der Waals surface area contributed by atoms with E-state index in [4.69, 9.17) is 28.9 Å². The van der Waals surface area contributed by atoms with Crippen molar-refractivity contribution in [2.75, 3.05) is 6.54 Å². The molecule has 0 saturated heterocycles. The molecular weight excluding hydrogens is 216 g/mol. The molecular formula is C8H8Cl2FNO. The minimum Gasteiger partial charge on any atom is -0.387 e. The highest BCUT2D eigenvalue weighted by molar-refractivity contribution is 6.34. The van der Waals surface area contributed by atoms with Gasteiger partial charge in [0, 0.05) is 17.1 Å². The summed E-state index contributed by atoms with van der Waals surface area (Å²) < 4.78 is 13.2. The second-order valence-corrected chi connectivity index (χ2v) is 3.39. The van der Waals surface area contributed by atoms with Gasteiger partial charge in [-0.1, -0.05) is 23.2 Å². The summed E-state index contributed by atoms with van der Waals surface area (Å²) in [6.45, 7) is -0.0758. The summed E-state index contributed by atoms with van der Waals surface area (Å²) in [5.41, 5.74) is 5.20. The number of aliphatic hydroxyl groups is 1. The van der Waals surface area contributed by atoms with Crippen molar-refractivity contribution < 1.29 is 9.50 Å². The second kappa shape index (κ2) is 4.24. The van der Waals surface area contributed by atoms with Gasteiger partial charge >= 0.3 is 0 Å². The number of hydrogen-bond acceptors (Lipinski definition) is 2. The zero-order valence-electron chi connectivity index (χ0n) is 6.60. The van der Waals surface area contributed by atoms with E-state index in [1.54, 1.807) is 0 Å². The SMILES string of the molecule is NCC(O)c1cc(Cl)cc(Cl)c1F. The van der Waals surface area contributed by atoms with E-state index >= 15 is 0 Å². The van der Waals surface area contributed by atoms with E-state index in [1.165, 1.54) is 12.1 Å². The van der Waals surface area contributed by atoms with Gasteiger partial charge in [-0.2, -0.15) is 0 Å². The van der Waals surface area contributed by atoms with E-state index in [2.05, 4.69) is 0 Å². The Balaban J connectivity index is 3.20. The van der Waals surface area contributed by atoms with Crippen LogP contribution in [0, 0.1) is 5.82 Å². The summed E-state index contributed by atoms with van der Waals surface area (Å²) in [4.78, 5) is 0. The van der Waals surface area contributed by atoms with Gasteiger partial charge in [0.05, 0.1) is 11.1 Å². The predicted octanol–water partition coefficient (Wildman–Crippen LogP) is 2.12.